The number of thiazole rings is 1. The van der Waals surface area contributed by atoms with Crippen molar-refractivity contribution < 1.29 is 17.9 Å². The summed E-state index contributed by atoms with van der Waals surface area (Å²) in [5.74, 6) is 1.12. The van der Waals surface area contributed by atoms with Crippen molar-refractivity contribution >= 4 is 49.8 Å². The molecular weight excluding hydrogens is 571 g/mol. The molecule has 1 amide bonds. The number of ether oxygens (including phenoxy) is 1. The Labute approximate surface area is 238 Å². The van der Waals surface area contributed by atoms with Crippen LogP contribution in [0.4, 0.5) is 10.8 Å². The molecule has 3 heterocycles. The quantitative estimate of drug-likeness (QED) is 0.208. The van der Waals surface area contributed by atoms with E-state index in [1.54, 1.807) is 17.8 Å². The zero-order chi connectivity index (χ0) is 28.0. The predicted octanol–water partition coefficient (Wildman–Crippen LogP) is 4.72. The number of thioether (sulfide) groups is 1. The van der Waals surface area contributed by atoms with Gasteiger partial charge in [-0.25, -0.2) is 13.4 Å². The molecule has 5 aromatic rings. The molecule has 0 unspecified atom stereocenters. The molecule has 2 N–H and O–H groups in total. The number of carbonyl (C=O) groups excluding carboxylic acids is 1. The van der Waals surface area contributed by atoms with E-state index >= 15 is 0 Å². The molecule has 0 aliphatic heterocycles. The molecule has 204 valence electrons. The van der Waals surface area contributed by atoms with Crippen LogP contribution in [0.3, 0.4) is 0 Å². The summed E-state index contributed by atoms with van der Waals surface area (Å²) in [5, 5.41) is 14.0. The minimum Gasteiger partial charge on any atom is -0.494 e. The van der Waals surface area contributed by atoms with Crippen LogP contribution in [0.15, 0.2) is 94.7 Å². The number of amides is 1. The van der Waals surface area contributed by atoms with E-state index in [1.807, 2.05) is 47.9 Å². The van der Waals surface area contributed by atoms with Crippen molar-refractivity contribution in [3.63, 3.8) is 0 Å². The van der Waals surface area contributed by atoms with Crippen molar-refractivity contribution in [1.82, 2.24) is 24.7 Å². The largest absolute Gasteiger partial charge is 0.494 e. The molecule has 14 heteroatoms. The van der Waals surface area contributed by atoms with E-state index in [0.29, 0.717) is 23.3 Å². The molecule has 0 bridgehead atoms. The first-order valence-electron chi connectivity index (χ1n) is 12.0. The third-order valence-corrected chi connectivity index (χ3v) is 8.51. The first-order valence-corrected chi connectivity index (χ1v) is 15.3. The van der Waals surface area contributed by atoms with Crippen molar-refractivity contribution in [3.05, 3.63) is 84.6 Å². The highest BCUT2D eigenvalue weighted by Crippen LogP contribution is 2.29. The highest BCUT2D eigenvalue weighted by Gasteiger charge is 2.19. The number of hydrogen-bond donors (Lipinski definition) is 2. The predicted molar refractivity (Wildman–Crippen MR) is 154 cm³/mol. The SMILES string of the molecule is CCOc1ccc(-n2c(SCC(=O)Nc3ccc(S(=O)(=O)Nc4nccs4)cc3)nnc2-c2ccncc2)cc1. The van der Waals surface area contributed by atoms with Crippen LogP contribution in [0.5, 0.6) is 5.75 Å². The number of nitrogens with zero attached hydrogens (tertiary/aromatic N) is 5. The van der Waals surface area contributed by atoms with Gasteiger partial charge in [-0.05, 0) is 67.6 Å². The van der Waals surface area contributed by atoms with E-state index in [2.05, 4.69) is 30.2 Å². The van der Waals surface area contributed by atoms with Gasteiger partial charge in [0, 0.05) is 40.9 Å². The summed E-state index contributed by atoms with van der Waals surface area (Å²) in [4.78, 5) is 20.8. The Balaban J connectivity index is 1.29. The summed E-state index contributed by atoms with van der Waals surface area (Å²) in [6.07, 6.45) is 4.87. The van der Waals surface area contributed by atoms with Gasteiger partial charge >= 0.3 is 0 Å². The van der Waals surface area contributed by atoms with Crippen LogP contribution in [0.1, 0.15) is 6.92 Å². The third kappa shape index (κ3) is 6.47. The van der Waals surface area contributed by atoms with Crippen molar-refractivity contribution in [2.24, 2.45) is 0 Å². The van der Waals surface area contributed by atoms with Crippen molar-refractivity contribution in [3.8, 4) is 22.8 Å². The highest BCUT2D eigenvalue weighted by atomic mass is 32.2. The number of rotatable bonds is 11. The average Bonchev–Trinajstić information content (AvgIpc) is 3.63. The molecular formula is C26H23N7O4S3. The maximum atomic E-state index is 12.8. The number of sulfonamides is 1. The Bertz CT molecular complexity index is 1670. The van der Waals surface area contributed by atoms with E-state index in [9.17, 15) is 13.2 Å². The molecule has 40 heavy (non-hydrogen) atoms. The smallest absolute Gasteiger partial charge is 0.263 e. The summed E-state index contributed by atoms with van der Waals surface area (Å²) in [7, 11) is -3.78. The van der Waals surface area contributed by atoms with E-state index < -0.39 is 10.0 Å². The van der Waals surface area contributed by atoms with Crippen LogP contribution in [-0.2, 0) is 14.8 Å². The summed E-state index contributed by atoms with van der Waals surface area (Å²) < 4.78 is 34.9. The summed E-state index contributed by atoms with van der Waals surface area (Å²) in [6.45, 7) is 2.49. The van der Waals surface area contributed by atoms with Crippen LogP contribution < -0.4 is 14.8 Å². The van der Waals surface area contributed by atoms with Gasteiger partial charge in [-0.3, -0.25) is 19.1 Å². The van der Waals surface area contributed by atoms with Crippen molar-refractivity contribution in [2.45, 2.75) is 17.0 Å². The lowest BCUT2D eigenvalue weighted by Gasteiger charge is -2.12. The molecule has 0 spiro atoms. The molecule has 2 aromatic carbocycles. The summed E-state index contributed by atoms with van der Waals surface area (Å²) in [6, 6.07) is 17.1. The molecule has 0 aliphatic rings. The minimum absolute atomic E-state index is 0.0527. The number of anilines is 2. The Morgan fingerprint density at radius 2 is 1.75 bits per heavy atom. The minimum atomic E-state index is -3.78. The van der Waals surface area contributed by atoms with E-state index in [0.717, 1.165) is 17.0 Å². The lowest BCUT2D eigenvalue weighted by atomic mass is 10.2. The molecule has 11 nitrogen and oxygen atoms in total. The summed E-state index contributed by atoms with van der Waals surface area (Å²) in [5.41, 5.74) is 2.10. The third-order valence-electron chi connectivity index (χ3n) is 5.41. The molecule has 0 aliphatic carbocycles. The Morgan fingerprint density at radius 3 is 2.42 bits per heavy atom. The Kier molecular flexibility index (Phi) is 8.38. The number of pyridine rings is 1. The fourth-order valence-corrected chi connectivity index (χ4v) is 6.18. The number of hydrogen-bond acceptors (Lipinski definition) is 10. The van der Waals surface area contributed by atoms with Gasteiger partial charge in [-0.1, -0.05) is 11.8 Å². The normalized spacial score (nSPS) is 11.2. The average molecular weight is 594 g/mol. The van der Waals surface area contributed by atoms with Gasteiger partial charge in [0.1, 0.15) is 5.75 Å². The standard InChI is InChI=1S/C26H23N7O4S3/c1-2-37-21-7-5-20(6-8-21)33-24(18-11-13-27-14-12-18)30-31-26(33)39-17-23(34)29-19-3-9-22(10-4-19)40(35,36)32-25-28-15-16-38-25/h3-16H,2,17H2,1H3,(H,28,32)(H,29,34). The van der Waals surface area contributed by atoms with E-state index in [-0.39, 0.29) is 21.7 Å². The number of benzene rings is 2. The molecule has 5 rings (SSSR count). The van der Waals surface area contributed by atoms with Crippen molar-refractivity contribution in [2.75, 3.05) is 22.4 Å². The second kappa shape index (κ2) is 12.3. The van der Waals surface area contributed by atoms with Gasteiger partial charge in [0.25, 0.3) is 10.0 Å². The second-order valence-corrected chi connectivity index (χ2v) is 11.6. The van der Waals surface area contributed by atoms with Gasteiger partial charge in [0.2, 0.25) is 5.91 Å². The Morgan fingerprint density at radius 1 is 1.00 bits per heavy atom. The fraction of sp³-hybridized carbons (Fsp3) is 0.115. The second-order valence-electron chi connectivity index (χ2n) is 8.11. The fourth-order valence-electron chi connectivity index (χ4n) is 3.63. The highest BCUT2D eigenvalue weighted by molar-refractivity contribution is 7.99. The maximum absolute atomic E-state index is 12.8. The van der Waals surface area contributed by atoms with Gasteiger partial charge in [0.05, 0.1) is 17.3 Å². The molecule has 0 saturated carbocycles. The van der Waals surface area contributed by atoms with Crippen LogP contribution in [0, 0.1) is 0 Å². The Hall–Kier alpha value is -4.27. The molecule has 3 aromatic heterocycles. The summed E-state index contributed by atoms with van der Waals surface area (Å²) >= 11 is 2.41. The zero-order valence-corrected chi connectivity index (χ0v) is 23.5. The number of aromatic nitrogens is 5. The lowest BCUT2D eigenvalue weighted by Crippen LogP contribution is -2.15. The van der Waals surface area contributed by atoms with Crippen LogP contribution in [0.25, 0.3) is 17.1 Å². The zero-order valence-electron chi connectivity index (χ0n) is 21.1. The van der Waals surface area contributed by atoms with Crippen LogP contribution in [0.2, 0.25) is 0 Å². The lowest BCUT2D eigenvalue weighted by molar-refractivity contribution is -0.113. The molecule has 0 radical (unpaired) electrons. The first kappa shape index (κ1) is 27.3. The topological polar surface area (TPSA) is 141 Å². The van der Waals surface area contributed by atoms with Gasteiger partial charge in [-0.2, -0.15) is 0 Å². The van der Waals surface area contributed by atoms with Gasteiger partial charge in [0.15, 0.2) is 16.1 Å². The molecule has 0 saturated heterocycles. The van der Waals surface area contributed by atoms with Gasteiger partial charge < -0.3 is 10.1 Å². The number of nitrogens with one attached hydrogen (secondary N) is 2. The monoisotopic (exact) mass is 593 g/mol. The molecule has 0 fully saturated rings. The van der Waals surface area contributed by atoms with E-state index in [4.69, 9.17) is 4.74 Å². The molecule has 0 atom stereocenters. The maximum Gasteiger partial charge on any atom is 0.263 e. The van der Waals surface area contributed by atoms with Crippen LogP contribution >= 0.6 is 23.1 Å². The van der Waals surface area contributed by atoms with Crippen LogP contribution in [-0.4, -0.2) is 51.4 Å². The first-order chi connectivity index (χ1) is 19.4. The van der Waals surface area contributed by atoms with Gasteiger partial charge in [-0.15, -0.1) is 21.5 Å². The van der Waals surface area contributed by atoms with Crippen molar-refractivity contribution in [1.29, 1.82) is 0 Å². The van der Waals surface area contributed by atoms with E-state index in [1.165, 1.54) is 53.6 Å². The number of carbonyl (C=O) groups is 1.